The Morgan fingerprint density at radius 2 is 1.77 bits per heavy atom. The van der Waals surface area contributed by atoms with Crippen LogP contribution in [0.5, 0.6) is 0 Å². The lowest BCUT2D eigenvalue weighted by atomic mass is 10.2. The predicted molar refractivity (Wildman–Crippen MR) is 45.9 cm³/mol. The van der Waals surface area contributed by atoms with Gasteiger partial charge in [-0.05, 0) is 17.7 Å². The summed E-state index contributed by atoms with van der Waals surface area (Å²) >= 11 is 0. The maximum atomic E-state index is 11.7. The Morgan fingerprint density at radius 3 is 2.31 bits per heavy atom. The summed E-state index contributed by atoms with van der Waals surface area (Å²) < 4.78 is 35.2. The Bertz CT molecular complexity index is 315. The number of halogens is 3. The molecule has 0 spiro atoms. The molecule has 0 radical (unpaired) electrons. The van der Waals surface area contributed by atoms with Crippen LogP contribution in [0.4, 0.5) is 18.9 Å². The highest BCUT2D eigenvalue weighted by atomic mass is 19.4. The van der Waals surface area contributed by atoms with Crippen LogP contribution in [0, 0.1) is 0 Å². The first-order valence-electron chi connectivity index (χ1n) is 3.59. The third-order valence-electron chi connectivity index (χ3n) is 1.45. The van der Waals surface area contributed by atoms with E-state index >= 15 is 0 Å². The third kappa shape index (κ3) is 3.19. The number of benzene rings is 1. The van der Waals surface area contributed by atoms with Gasteiger partial charge in [-0.1, -0.05) is 18.2 Å². The van der Waals surface area contributed by atoms with Crippen LogP contribution in [0.3, 0.4) is 0 Å². The minimum absolute atomic E-state index is 0.165. The zero-order valence-electron chi connectivity index (χ0n) is 6.68. The Morgan fingerprint density at radius 1 is 1.15 bits per heavy atom. The van der Waals surface area contributed by atoms with E-state index in [1.807, 2.05) is 0 Å². The van der Waals surface area contributed by atoms with Gasteiger partial charge in [0.2, 0.25) is 0 Å². The van der Waals surface area contributed by atoms with Crippen molar-refractivity contribution in [2.45, 2.75) is 6.18 Å². The largest absolute Gasteiger partial charge is 0.409 e. The van der Waals surface area contributed by atoms with Crippen LogP contribution in [-0.2, 0) is 0 Å². The molecule has 0 saturated heterocycles. The van der Waals surface area contributed by atoms with E-state index in [9.17, 15) is 13.2 Å². The molecular weight excluding hydrogens is 179 g/mol. The molecule has 0 amide bonds. The molecule has 0 unspecified atom stereocenters. The quantitative estimate of drug-likeness (QED) is 0.672. The van der Waals surface area contributed by atoms with E-state index in [-0.39, 0.29) is 6.08 Å². The van der Waals surface area contributed by atoms with Gasteiger partial charge in [0.15, 0.2) is 0 Å². The van der Waals surface area contributed by atoms with Gasteiger partial charge in [-0.2, -0.15) is 13.2 Å². The second kappa shape index (κ2) is 3.51. The summed E-state index contributed by atoms with van der Waals surface area (Å²) in [5.74, 6) is 0. The predicted octanol–water partition coefficient (Wildman–Crippen LogP) is 2.84. The lowest BCUT2D eigenvalue weighted by molar-refractivity contribution is -0.0790. The van der Waals surface area contributed by atoms with Gasteiger partial charge in [-0.25, -0.2) is 0 Å². The van der Waals surface area contributed by atoms with E-state index in [0.717, 1.165) is 6.08 Å². The Balaban J connectivity index is 2.86. The number of nitrogen functional groups attached to an aromatic ring is 1. The lowest BCUT2D eigenvalue weighted by Gasteiger charge is -2.00. The molecule has 1 rings (SSSR count). The van der Waals surface area contributed by atoms with Gasteiger partial charge in [0.05, 0.1) is 0 Å². The minimum atomic E-state index is -4.29. The van der Waals surface area contributed by atoms with E-state index in [0.29, 0.717) is 11.3 Å². The average Bonchev–Trinajstić information content (AvgIpc) is 2.01. The van der Waals surface area contributed by atoms with Crippen LogP contribution < -0.4 is 5.73 Å². The van der Waals surface area contributed by atoms with E-state index in [1.165, 1.54) is 6.07 Å². The fourth-order valence-electron chi connectivity index (χ4n) is 0.847. The molecule has 13 heavy (non-hydrogen) atoms. The second-order valence-corrected chi connectivity index (χ2v) is 2.50. The molecule has 0 heterocycles. The van der Waals surface area contributed by atoms with E-state index in [2.05, 4.69) is 0 Å². The number of nitrogens with two attached hydrogens (primary N) is 1. The first-order valence-corrected chi connectivity index (χ1v) is 3.59. The number of para-hydroxylation sites is 1. The molecule has 0 aliphatic rings. The molecule has 0 aliphatic carbocycles. The second-order valence-electron chi connectivity index (χ2n) is 2.50. The summed E-state index contributed by atoms with van der Waals surface area (Å²) in [4.78, 5) is 0. The molecule has 0 bridgehead atoms. The number of anilines is 1. The molecule has 0 atom stereocenters. The van der Waals surface area contributed by atoms with Crippen molar-refractivity contribution in [3.8, 4) is 0 Å². The summed E-state index contributed by atoms with van der Waals surface area (Å²) in [6.45, 7) is 0. The fourth-order valence-corrected chi connectivity index (χ4v) is 0.847. The summed E-state index contributed by atoms with van der Waals surface area (Å²) in [5, 5.41) is 0. The molecule has 1 aromatic rings. The summed E-state index contributed by atoms with van der Waals surface area (Å²) in [7, 11) is 0. The zero-order chi connectivity index (χ0) is 9.90. The maximum Gasteiger partial charge on any atom is 0.409 e. The molecule has 0 fully saturated rings. The van der Waals surface area contributed by atoms with Crippen LogP contribution >= 0.6 is 0 Å². The van der Waals surface area contributed by atoms with Crippen molar-refractivity contribution in [1.29, 1.82) is 0 Å². The van der Waals surface area contributed by atoms with Crippen LogP contribution in [0.2, 0.25) is 0 Å². The van der Waals surface area contributed by atoms with Crippen LogP contribution in [0.25, 0.3) is 6.08 Å². The van der Waals surface area contributed by atoms with Crippen LogP contribution in [-0.4, -0.2) is 6.18 Å². The standard InChI is InChI=1S/C9H8F3N/c10-9(11,12)6-5-7-3-1-2-4-8(7)13/h1-6H,13H2. The number of allylic oxidation sites excluding steroid dienone is 1. The van der Waals surface area contributed by atoms with Crippen molar-refractivity contribution in [2.24, 2.45) is 0 Å². The minimum Gasteiger partial charge on any atom is -0.398 e. The molecule has 1 nitrogen and oxygen atoms in total. The Kier molecular flexibility index (Phi) is 2.60. The van der Waals surface area contributed by atoms with E-state index < -0.39 is 6.18 Å². The van der Waals surface area contributed by atoms with Crippen molar-refractivity contribution >= 4 is 11.8 Å². The number of alkyl halides is 3. The van der Waals surface area contributed by atoms with E-state index in [1.54, 1.807) is 18.2 Å². The van der Waals surface area contributed by atoms with Crippen LogP contribution in [0.15, 0.2) is 30.3 Å². The molecule has 0 aliphatic heterocycles. The van der Waals surface area contributed by atoms with Gasteiger partial charge in [-0.3, -0.25) is 0 Å². The third-order valence-corrected chi connectivity index (χ3v) is 1.45. The van der Waals surface area contributed by atoms with Crippen molar-refractivity contribution in [3.63, 3.8) is 0 Å². The van der Waals surface area contributed by atoms with Crippen molar-refractivity contribution < 1.29 is 13.2 Å². The molecule has 4 heteroatoms. The molecule has 0 aromatic heterocycles. The first kappa shape index (κ1) is 9.64. The molecule has 1 aromatic carbocycles. The normalized spacial score (nSPS) is 12.2. The number of hydrogen-bond donors (Lipinski definition) is 1. The number of rotatable bonds is 1. The van der Waals surface area contributed by atoms with Gasteiger partial charge < -0.3 is 5.73 Å². The van der Waals surface area contributed by atoms with Gasteiger partial charge in [0.1, 0.15) is 0 Å². The highest BCUT2D eigenvalue weighted by Gasteiger charge is 2.21. The average molecular weight is 187 g/mol. The fraction of sp³-hybridized carbons (Fsp3) is 0.111. The van der Waals surface area contributed by atoms with Crippen molar-refractivity contribution in [3.05, 3.63) is 35.9 Å². The van der Waals surface area contributed by atoms with E-state index in [4.69, 9.17) is 5.73 Å². The highest BCUT2D eigenvalue weighted by molar-refractivity contribution is 5.64. The maximum absolute atomic E-state index is 11.7. The molecule has 2 N–H and O–H groups in total. The Hall–Kier alpha value is -1.45. The Labute approximate surface area is 73.7 Å². The van der Waals surface area contributed by atoms with Gasteiger partial charge >= 0.3 is 6.18 Å². The van der Waals surface area contributed by atoms with Crippen molar-refractivity contribution in [1.82, 2.24) is 0 Å². The van der Waals surface area contributed by atoms with Gasteiger partial charge in [0.25, 0.3) is 0 Å². The summed E-state index contributed by atoms with van der Waals surface area (Å²) in [5.41, 5.74) is 6.14. The van der Waals surface area contributed by atoms with Gasteiger partial charge in [-0.15, -0.1) is 0 Å². The monoisotopic (exact) mass is 187 g/mol. The highest BCUT2D eigenvalue weighted by Crippen LogP contribution is 2.20. The lowest BCUT2D eigenvalue weighted by Crippen LogP contribution is -2.00. The SMILES string of the molecule is Nc1ccccc1C=CC(F)(F)F. The topological polar surface area (TPSA) is 26.0 Å². The zero-order valence-corrected chi connectivity index (χ0v) is 6.68. The van der Waals surface area contributed by atoms with Gasteiger partial charge in [0, 0.05) is 11.8 Å². The molecule has 70 valence electrons. The molecule has 0 saturated carbocycles. The smallest absolute Gasteiger partial charge is 0.398 e. The summed E-state index contributed by atoms with van der Waals surface area (Å²) in [6.07, 6.45) is -3.17. The first-order chi connectivity index (χ1) is 5.99. The van der Waals surface area contributed by atoms with Crippen LogP contribution in [0.1, 0.15) is 5.56 Å². The number of hydrogen-bond acceptors (Lipinski definition) is 1. The van der Waals surface area contributed by atoms with Crippen molar-refractivity contribution in [2.75, 3.05) is 5.73 Å². The summed E-state index contributed by atoms with van der Waals surface area (Å²) in [6, 6.07) is 6.38. The molecular formula is C9H8F3N.